The van der Waals surface area contributed by atoms with Crippen molar-refractivity contribution in [2.24, 2.45) is 0 Å². The van der Waals surface area contributed by atoms with Crippen LogP contribution in [0.1, 0.15) is 17.5 Å². The van der Waals surface area contributed by atoms with Crippen molar-refractivity contribution >= 4 is 0 Å². The van der Waals surface area contributed by atoms with E-state index in [-0.39, 0.29) is 5.54 Å². The van der Waals surface area contributed by atoms with E-state index in [1.807, 2.05) is 6.07 Å². The van der Waals surface area contributed by atoms with Gasteiger partial charge in [0.05, 0.1) is 25.9 Å². The molecular weight excluding hydrogens is 202 g/mol. The van der Waals surface area contributed by atoms with Crippen molar-refractivity contribution in [2.75, 3.05) is 26.9 Å². The van der Waals surface area contributed by atoms with Crippen molar-refractivity contribution in [3.05, 3.63) is 29.3 Å². The molecule has 86 valence electrons. The van der Waals surface area contributed by atoms with Crippen LogP contribution in [-0.2, 0) is 16.7 Å². The second-order valence-electron chi connectivity index (χ2n) is 4.58. The summed E-state index contributed by atoms with van der Waals surface area (Å²) in [6.45, 7) is 2.55. The van der Waals surface area contributed by atoms with Crippen molar-refractivity contribution in [1.82, 2.24) is 5.32 Å². The zero-order valence-corrected chi connectivity index (χ0v) is 9.58. The molecule has 1 heterocycles. The highest BCUT2D eigenvalue weighted by molar-refractivity contribution is 5.44. The first kappa shape index (κ1) is 10.1. The van der Waals surface area contributed by atoms with E-state index in [0.717, 1.165) is 38.3 Å². The third-order valence-electron chi connectivity index (χ3n) is 3.71. The first-order chi connectivity index (χ1) is 7.84. The van der Waals surface area contributed by atoms with Gasteiger partial charge in [-0.05, 0) is 36.1 Å². The van der Waals surface area contributed by atoms with Gasteiger partial charge in [-0.15, -0.1) is 0 Å². The average molecular weight is 219 g/mol. The Kier molecular flexibility index (Phi) is 2.37. The lowest BCUT2D eigenvalue weighted by Crippen LogP contribution is -2.50. The van der Waals surface area contributed by atoms with Gasteiger partial charge in [-0.2, -0.15) is 0 Å². The van der Waals surface area contributed by atoms with Gasteiger partial charge in [-0.1, -0.05) is 6.07 Å². The fourth-order valence-corrected chi connectivity index (χ4v) is 2.82. The van der Waals surface area contributed by atoms with E-state index in [2.05, 4.69) is 17.4 Å². The van der Waals surface area contributed by atoms with Crippen LogP contribution in [0.3, 0.4) is 0 Å². The second kappa shape index (κ2) is 3.75. The zero-order chi connectivity index (χ0) is 11.0. The molecule has 2 aliphatic rings. The predicted octanol–water partition coefficient (Wildman–Crippen LogP) is 1.46. The van der Waals surface area contributed by atoms with Gasteiger partial charge in [0.25, 0.3) is 0 Å². The van der Waals surface area contributed by atoms with Gasteiger partial charge in [0, 0.05) is 6.54 Å². The minimum atomic E-state index is 0.0438. The third-order valence-corrected chi connectivity index (χ3v) is 3.71. The fraction of sp³-hybridized carbons (Fsp3) is 0.538. The molecule has 0 aromatic heterocycles. The number of ether oxygens (including phenoxy) is 2. The first-order valence-corrected chi connectivity index (χ1v) is 5.84. The van der Waals surface area contributed by atoms with E-state index >= 15 is 0 Å². The van der Waals surface area contributed by atoms with Crippen molar-refractivity contribution < 1.29 is 9.47 Å². The lowest BCUT2D eigenvalue weighted by atomic mass is 9.91. The van der Waals surface area contributed by atoms with Crippen molar-refractivity contribution in [3.63, 3.8) is 0 Å². The number of nitrogens with one attached hydrogen (secondary N) is 1. The van der Waals surface area contributed by atoms with Gasteiger partial charge in [-0.3, -0.25) is 0 Å². The highest BCUT2D eigenvalue weighted by Crippen LogP contribution is 2.39. The number of morpholine rings is 1. The highest BCUT2D eigenvalue weighted by atomic mass is 16.5. The summed E-state index contributed by atoms with van der Waals surface area (Å²) >= 11 is 0. The Morgan fingerprint density at radius 2 is 2.38 bits per heavy atom. The van der Waals surface area contributed by atoms with Crippen LogP contribution in [0.15, 0.2) is 18.2 Å². The number of hydrogen-bond acceptors (Lipinski definition) is 3. The first-order valence-electron chi connectivity index (χ1n) is 5.84. The Labute approximate surface area is 95.8 Å². The van der Waals surface area contributed by atoms with Gasteiger partial charge in [0.15, 0.2) is 0 Å². The molecule has 16 heavy (non-hydrogen) atoms. The van der Waals surface area contributed by atoms with Crippen LogP contribution in [0.5, 0.6) is 5.75 Å². The number of benzene rings is 1. The van der Waals surface area contributed by atoms with Crippen molar-refractivity contribution in [3.8, 4) is 5.75 Å². The summed E-state index contributed by atoms with van der Waals surface area (Å²) in [7, 11) is 1.72. The third kappa shape index (κ3) is 1.43. The van der Waals surface area contributed by atoms with Gasteiger partial charge in [-0.25, -0.2) is 0 Å². The summed E-state index contributed by atoms with van der Waals surface area (Å²) in [4.78, 5) is 0. The number of rotatable bonds is 1. The van der Waals surface area contributed by atoms with E-state index in [1.165, 1.54) is 11.1 Å². The molecule has 3 heteroatoms. The molecule has 1 N–H and O–H groups in total. The van der Waals surface area contributed by atoms with Crippen LogP contribution in [0.25, 0.3) is 0 Å². The lowest BCUT2D eigenvalue weighted by Gasteiger charge is -2.35. The molecule has 0 amide bonds. The van der Waals surface area contributed by atoms with Gasteiger partial charge < -0.3 is 14.8 Å². The number of fused-ring (bicyclic) bond motifs is 2. The highest BCUT2D eigenvalue weighted by Gasteiger charge is 2.40. The van der Waals surface area contributed by atoms with Gasteiger partial charge in [0.1, 0.15) is 5.75 Å². The van der Waals surface area contributed by atoms with Gasteiger partial charge >= 0.3 is 0 Å². The summed E-state index contributed by atoms with van der Waals surface area (Å²) in [5, 5.41) is 3.62. The molecule has 1 aromatic rings. The number of methoxy groups -OCH3 is 1. The average Bonchev–Trinajstić information content (AvgIpc) is 2.69. The van der Waals surface area contributed by atoms with Crippen LogP contribution < -0.4 is 10.1 Å². The van der Waals surface area contributed by atoms with E-state index < -0.39 is 0 Å². The Balaban J connectivity index is 2.02. The zero-order valence-electron chi connectivity index (χ0n) is 9.58. The topological polar surface area (TPSA) is 30.5 Å². The Morgan fingerprint density at radius 3 is 3.12 bits per heavy atom. The molecule has 3 nitrogen and oxygen atoms in total. The van der Waals surface area contributed by atoms with Crippen LogP contribution in [0.4, 0.5) is 0 Å². The monoisotopic (exact) mass is 219 g/mol. The molecular formula is C13H17NO2. The smallest absolute Gasteiger partial charge is 0.119 e. The summed E-state index contributed by atoms with van der Waals surface area (Å²) in [5.74, 6) is 0.937. The molecule has 0 radical (unpaired) electrons. The maximum absolute atomic E-state index is 5.63. The molecule has 1 atom stereocenters. The molecule has 0 saturated carbocycles. The number of aryl methyl sites for hydroxylation is 1. The van der Waals surface area contributed by atoms with E-state index in [1.54, 1.807) is 7.11 Å². The molecule has 1 aromatic carbocycles. The van der Waals surface area contributed by atoms with Crippen LogP contribution >= 0.6 is 0 Å². The summed E-state index contributed by atoms with van der Waals surface area (Å²) in [5.41, 5.74) is 2.84. The van der Waals surface area contributed by atoms with Gasteiger partial charge in [0.2, 0.25) is 0 Å². The van der Waals surface area contributed by atoms with Crippen molar-refractivity contribution in [1.29, 1.82) is 0 Å². The van der Waals surface area contributed by atoms with E-state index in [9.17, 15) is 0 Å². The Bertz CT molecular complexity index is 391. The standard InChI is InChI=1S/C13H17NO2/c1-15-11-3-2-10-4-5-13(12(10)8-11)9-16-7-6-14-13/h2-3,8,14H,4-7,9H2,1H3/t13-/m1/s1. The molecule has 1 aliphatic carbocycles. The lowest BCUT2D eigenvalue weighted by molar-refractivity contribution is 0.0259. The largest absolute Gasteiger partial charge is 0.497 e. The summed E-state index contributed by atoms with van der Waals surface area (Å²) in [6.07, 6.45) is 2.27. The molecule has 1 spiro atoms. The Hall–Kier alpha value is -1.06. The summed E-state index contributed by atoms with van der Waals surface area (Å²) < 4.78 is 10.9. The molecule has 1 fully saturated rings. The molecule has 1 saturated heterocycles. The quantitative estimate of drug-likeness (QED) is 0.775. The SMILES string of the molecule is COc1ccc2c(c1)[C@@]1(CC2)COCCN1. The Morgan fingerprint density at radius 1 is 1.44 bits per heavy atom. The van der Waals surface area contributed by atoms with Crippen LogP contribution in [0, 0.1) is 0 Å². The molecule has 3 rings (SSSR count). The van der Waals surface area contributed by atoms with Crippen LogP contribution in [-0.4, -0.2) is 26.9 Å². The number of hydrogen-bond donors (Lipinski definition) is 1. The van der Waals surface area contributed by atoms with E-state index in [4.69, 9.17) is 9.47 Å². The molecule has 0 unspecified atom stereocenters. The molecule has 0 bridgehead atoms. The maximum atomic E-state index is 5.63. The summed E-state index contributed by atoms with van der Waals surface area (Å²) in [6, 6.07) is 6.38. The van der Waals surface area contributed by atoms with Crippen LogP contribution in [0.2, 0.25) is 0 Å². The van der Waals surface area contributed by atoms with E-state index in [0.29, 0.717) is 0 Å². The van der Waals surface area contributed by atoms with Crippen molar-refractivity contribution in [2.45, 2.75) is 18.4 Å². The minimum absolute atomic E-state index is 0.0438. The predicted molar refractivity (Wildman–Crippen MR) is 61.8 cm³/mol. The second-order valence-corrected chi connectivity index (χ2v) is 4.58. The minimum Gasteiger partial charge on any atom is -0.497 e. The molecule has 1 aliphatic heterocycles. The normalized spacial score (nSPS) is 28.1. The fourth-order valence-electron chi connectivity index (χ4n) is 2.82. The maximum Gasteiger partial charge on any atom is 0.119 e.